The van der Waals surface area contributed by atoms with Gasteiger partial charge in [-0.05, 0) is 63.8 Å². The molecular weight excluding hydrogens is 758 g/mol. The third-order valence-electron chi connectivity index (χ3n) is 9.85. The Balaban J connectivity index is 0.000000251. The number of anilines is 2. The lowest BCUT2D eigenvalue weighted by atomic mass is 9.97. The molecule has 0 spiro atoms. The maximum Gasteiger partial charge on any atom is 0.274 e. The molecule has 2 saturated heterocycles. The summed E-state index contributed by atoms with van der Waals surface area (Å²) < 4.78 is 45.6. The van der Waals surface area contributed by atoms with E-state index in [1.807, 2.05) is 61.2 Å². The number of aromatic nitrogens is 5. The van der Waals surface area contributed by atoms with E-state index in [1.165, 1.54) is 19.2 Å². The van der Waals surface area contributed by atoms with Crippen molar-refractivity contribution in [1.82, 2.24) is 23.8 Å². The SMILES string of the molecule is CC.CCOc1cc2nc(C3CCOCC3)cn2cc1NC(=O)c1cccc(OC)c1F.CCOc1cc2nc(C3CCOCC3)cn2cc1NC(=O)c1ccccn1.[HH].[HH]. The van der Waals surface area contributed by atoms with E-state index in [2.05, 4.69) is 15.6 Å². The normalized spacial score (nSPS) is 14.4. The summed E-state index contributed by atoms with van der Waals surface area (Å²) in [5, 5.41) is 5.65. The van der Waals surface area contributed by atoms with Crippen LogP contribution in [0.5, 0.6) is 17.2 Å². The van der Waals surface area contributed by atoms with Gasteiger partial charge in [-0.2, -0.15) is 0 Å². The Hall–Kier alpha value is -6.06. The fourth-order valence-corrected chi connectivity index (χ4v) is 6.91. The molecule has 2 aliphatic rings. The summed E-state index contributed by atoms with van der Waals surface area (Å²) >= 11 is 0. The molecular formula is C44H56FN7O7. The first kappa shape index (κ1) is 42.5. The Kier molecular flexibility index (Phi) is 14.8. The highest BCUT2D eigenvalue weighted by Crippen LogP contribution is 2.33. The fraction of sp³-hybridized carbons (Fsp3) is 0.386. The third kappa shape index (κ3) is 10.3. The summed E-state index contributed by atoms with van der Waals surface area (Å²) in [5.41, 5.74) is 4.85. The first-order valence-electron chi connectivity index (χ1n) is 20.2. The molecule has 0 unspecified atom stereocenters. The number of hydrogen-bond acceptors (Lipinski definition) is 10. The van der Waals surface area contributed by atoms with E-state index in [4.69, 9.17) is 33.7 Å². The van der Waals surface area contributed by atoms with Gasteiger partial charge in [0.1, 0.15) is 39.9 Å². The number of hydrogen-bond donors (Lipinski definition) is 2. The number of rotatable bonds is 11. The van der Waals surface area contributed by atoms with Crippen molar-refractivity contribution in [2.24, 2.45) is 0 Å². The van der Waals surface area contributed by atoms with Crippen molar-refractivity contribution in [3.8, 4) is 17.2 Å². The molecule has 2 fully saturated rings. The zero-order chi connectivity index (χ0) is 41.7. The van der Waals surface area contributed by atoms with Crippen LogP contribution >= 0.6 is 0 Å². The van der Waals surface area contributed by atoms with Gasteiger partial charge in [-0.1, -0.05) is 26.0 Å². The number of carbonyl (C=O) groups excluding carboxylic acids is 2. The molecule has 0 aliphatic carbocycles. The van der Waals surface area contributed by atoms with Gasteiger partial charge >= 0.3 is 0 Å². The summed E-state index contributed by atoms with van der Waals surface area (Å²) in [6.45, 7) is 11.7. The number of ether oxygens (including phenoxy) is 5. The molecule has 6 aromatic rings. The maximum absolute atomic E-state index is 14.5. The average Bonchev–Trinajstić information content (AvgIpc) is 3.90. The second-order valence-electron chi connectivity index (χ2n) is 13.5. The van der Waals surface area contributed by atoms with Crippen LogP contribution in [0.1, 0.15) is 100 Å². The molecule has 5 aromatic heterocycles. The molecule has 0 atom stereocenters. The van der Waals surface area contributed by atoms with Gasteiger partial charge < -0.3 is 43.1 Å². The van der Waals surface area contributed by atoms with Crippen molar-refractivity contribution in [3.63, 3.8) is 0 Å². The average molecular weight is 814 g/mol. The molecule has 14 nitrogen and oxygen atoms in total. The van der Waals surface area contributed by atoms with Gasteiger partial charge in [-0.25, -0.2) is 14.4 Å². The van der Waals surface area contributed by atoms with Crippen molar-refractivity contribution >= 4 is 34.5 Å². The molecule has 0 bridgehead atoms. The minimum Gasteiger partial charge on any atom is -0.494 e. The molecule has 2 N–H and O–H groups in total. The lowest BCUT2D eigenvalue weighted by Crippen LogP contribution is -2.15. The lowest BCUT2D eigenvalue weighted by Gasteiger charge is -2.19. The van der Waals surface area contributed by atoms with Crippen LogP contribution in [0.3, 0.4) is 0 Å². The molecule has 2 amide bonds. The quantitative estimate of drug-likeness (QED) is 0.130. The van der Waals surface area contributed by atoms with Crippen LogP contribution in [0.4, 0.5) is 15.8 Å². The number of halogens is 1. The van der Waals surface area contributed by atoms with E-state index in [-0.39, 0.29) is 20.1 Å². The van der Waals surface area contributed by atoms with Gasteiger partial charge in [-0.3, -0.25) is 14.6 Å². The Bertz CT molecular complexity index is 2330. The summed E-state index contributed by atoms with van der Waals surface area (Å²) in [7, 11) is 1.36. The van der Waals surface area contributed by atoms with E-state index in [9.17, 15) is 14.0 Å². The van der Waals surface area contributed by atoms with Crippen LogP contribution in [0.15, 0.2) is 79.5 Å². The van der Waals surface area contributed by atoms with Gasteiger partial charge in [-0.15, -0.1) is 0 Å². The van der Waals surface area contributed by atoms with Gasteiger partial charge in [0.25, 0.3) is 11.8 Å². The molecule has 1 aromatic carbocycles. The highest BCUT2D eigenvalue weighted by molar-refractivity contribution is 6.05. The summed E-state index contributed by atoms with van der Waals surface area (Å²) in [6, 6.07) is 13.3. The summed E-state index contributed by atoms with van der Waals surface area (Å²) in [4.78, 5) is 38.8. The molecule has 8 rings (SSSR count). The van der Waals surface area contributed by atoms with Crippen LogP contribution in [0.25, 0.3) is 11.3 Å². The van der Waals surface area contributed by atoms with Crippen LogP contribution in [-0.4, -0.2) is 82.3 Å². The smallest absolute Gasteiger partial charge is 0.274 e. The number of nitrogens with zero attached hydrogens (tertiary/aromatic N) is 5. The fourth-order valence-electron chi connectivity index (χ4n) is 6.91. The maximum atomic E-state index is 14.5. The van der Waals surface area contributed by atoms with Crippen LogP contribution in [0.2, 0.25) is 0 Å². The van der Waals surface area contributed by atoms with Gasteiger partial charge in [0.2, 0.25) is 0 Å². The monoisotopic (exact) mass is 813 g/mol. The van der Waals surface area contributed by atoms with Crippen LogP contribution < -0.4 is 24.8 Å². The number of methoxy groups -OCH3 is 1. The highest BCUT2D eigenvalue weighted by atomic mass is 19.1. The van der Waals surface area contributed by atoms with E-state index in [0.29, 0.717) is 53.6 Å². The second-order valence-corrected chi connectivity index (χ2v) is 13.5. The van der Waals surface area contributed by atoms with Crippen molar-refractivity contribution in [2.45, 2.75) is 65.2 Å². The van der Waals surface area contributed by atoms with E-state index < -0.39 is 11.7 Å². The first-order chi connectivity index (χ1) is 28.8. The van der Waals surface area contributed by atoms with Crippen molar-refractivity contribution in [1.29, 1.82) is 0 Å². The molecule has 59 heavy (non-hydrogen) atoms. The Morgan fingerprint density at radius 2 is 1.27 bits per heavy atom. The molecule has 0 saturated carbocycles. The molecule has 15 heteroatoms. The third-order valence-corrected chi connectivity index (χ3v) is 9.85. The Labute approximate surface area is 346 Å². The topological polar surface area (TPSA) is 152 Å². The number of imidazole rings is 2. The summed E-state index contributed by atoms with van der Waals surface area (Å²) in [5.74, 6) is 0.264. The number of benzene rings is 1. The van der Waals surface area contributed by atoms with E-state index in [1.54, 1.807) is 42.7 Å². The van der Waals surface area contributed by atoms with Crippen molar-refractivity contribution in [3.05, 3.63) is 108 Å². The van der Waals surface area contributed by atoms with Gasteiger partial charge in [0.05, 0.1) is 37.3 Å². The number of fused-ring (bicyclic) bond motifs is 2. The van der Waals surface area contributed by atoms with E-state index >= 15 is 0 Å². The Morgan fingerprint density at radius 3 is 1.75 bits per heavy atom. The number of nitrogens with one attached hydrogen (secondary N) is 2. The van der Waals surface area contributed by atoms with E-state index in [0.717, 1.165) is 74.8 Å². The number of pyridine rings is 3. The minimum absolute atomic E-state index is 0. The molecule has 2 aliphatic heterocycles. The number of amides is 2. The lowest BCUT2D eigenvalue weighted by molar-refractivity contribution is 0.0845. The summed E-state index contributed by atoms with van der Waals surface area (Å²) in [6.07, 6.45) is 13.0. The number of carbonyl (C=O) groups is 2. The van der Waals surface area contributed by atoms with Gasteiger partial charge in [0.15, 0.2) is 11.6 Å². The second kappa shape index (κ2) is 20.6. The van der Waals surface area contributed by atoms with Crippen molar-refractivity contribution < 1.29 is 40.5 Å². The van der Waals surface area contributed by atoms with Crippen LogP contribution in [-0.2, 0) is 9.47 Å². The first-order valence-corrected chi connectivity index (χ1v) is 20.2. The molecule has 316 valence electrons. The minimum atomic E-state index is -0.707. The Morgan fingerprint density at radius 1 is 0.746 bits per heavy atom. The standard InChI is InChI=1S/C22H24FN3O4.C20H22N4O3.C2H6.2H2/c1-3-30-19-11-20-24-16(14-7-9-29-10-8-14)12-26(20)13-17(19)25-22(27)15-5-4-6-18(28-2)21(15)23;1-2-27-18-11-19-22-16(14-6-9-26-10-7-14)12-24(19)13-17(18)23-20(25)15-5-3-4-8-21-15;1-2;;/h4-6,11-14H,3,7-10H2,1-2H3,(H,25,27);3-5,8,11-14H,2,6-7,9-10H2,1H3,(H,23,25);1-2H3;2*1H. The largest absolute Gasteiger partial charge is 0.494 e. The van der Waals surface area contributed by atoms with Gasteiger partial charge in [0, 0.05) is 84.2 Å². The predicted molar refractivity (Wildman–Crippen MR) is 227 cm³/mol. The highest BCUT2D eigenvalue weighted by Gasteiger charge is 2.23. The van der Waals surface area contributed by atoms with Crippen LogP contribution in [0, 0.1) is 5.82 Å². The molecule has 0 radical (unpaired) electrons. The van der Waals surface area contributed by atoms with Crippen molar-refractivity contribution in [2.75, 3.05) is 57.4 Å². The zero-order valence-electron chi connectivity index (χ0n) is 34.2. The molecule has 7 heterocycles. The zero-order valence-corrected chi connectivity index (χ0v) is 34.2. The predicted octanol–water partition coefficient (Wildman–Crippen LogP) is 8.82.